The summed E-state index contributed by atoms with van der Waals surface area (Å²) in [5.74, 6) is -0.607. The van der Waals surface area contributed by atoms with E-state index in [-0.39, 0.29) is 23.0 Å². The molecule has 0 bridgehead atoms. The third-order valence-electron chi connectivity index (χ3n) is 2.96. The standard InChI is InChI=1S/C11H14N2O4S/c14-11(15)9-6-12-3-1-10(9)13-5-8-2-4-18(16,17)7-8/h1,3,6,8H,2,4-5,7H2,(H,12,13)(H,14,15). The summed E-state index contributed by atoms with van der Waals surface area (Å²) in [5.41, 5.74) is 0.570. The van der Waals surface area contributed by atoms with Crippen LogP contribution >= 0.6 is 0 Å². The summed E-state index contributed by atoms with van der Waals surface area (Å²) >= 11 is 0. The number of nitrogens with one attached hydrogen (secondary N) is 1. The lowest BCUT2D eigenvalue weighted by Gasteiger charge is -2.12. The quantitative estimate of drug-likeness (QED) is 0.833. The monoisotopic (exact) mass is 270 g/mol. The zero-order chi connectivity index (χ0) is 13.2. The van der Waals surface area contributed by atoms with Crippen molar-refractivity contribution in [1.82, 2.24) is 4.98 Å². The molecule has 98 valence electrons. The van der Waals surface area contributed by atoms with Crippen LogP contribution in [0.25, 0.3) is 0 Å². The maximum absolute atomic E-state index is 11.3. The highest BCUT2D eigenvalue weighted by Gasteiger charge is 2.27. The van der Waals surface area contributed by atoms with E-state index in [0.717, 1.165) is 0 Å². The average Bonchev–Trinajstić information content (AvgIpc) is 2.66. The van der Waals surface area contributed by atoms with E-state index in [0.29, 0.717) is 18.7 Å². The fourth-order valence-electron chi connectivity index (χ4n) is 2.01. The van der Waals surface area contributed by atoms with Crippen LogP contribution in [0.2, 0.25) is 0 Å². The topological polar surface area (TPSA) is 96.4 Å². The Kier molecular flexibility index (Phi) is 3.51. The van der Waals surface area contributed by atoms with E-state index in [2.05, 4.69) is 10.3 Å². The van der Waals surface area contributed by atoms with Crippen molar-refractivity contribution >= 4 is 21.5 Å². The molecule has 1 unspecified atom stereocenters. The van der Waals surface area contributed by atoms with Gasteiger partial charge in [0.25, 0.3) is 0 Å². The van der Waals surface area contributed by atoms with Crippen molar-refractivity contribution < 1.29 is 18.3 Å². The minimum atomic E-state index is -2.89. The van der Waals surface area contributed by atoms with E-state index in [4.69, 9.17) is 5.11 Å². The van der Waals surface area contributed by atoms with Crippen LogP contribution in [0.4, 0.5) is 5.69 Å². The maximum Gasteiger partial charge on any atom is 0.339 e. The van der Waals surface area contributed by atoms with Gasteiger partial charge in [0.15, 0.2) is 9.84 Å². The van der Waals surface area contributed by atoms with E-state index in [1.807, 2.05) is 0 Å². The Balaban J connectivity index is 2.01. The molecule has 0 radical (unpaired) electrons. The molecule has 1 fully saturated rings. The number of nitrogens with zero attached hydrogens (tertiary/aromatic N) is 1. The zero-order valence-electron chi connectivity index (χ0n) is 9.67. The predicted molar refractivity (Wildman–Crippen MR) is 66.4 cm³/mol. The molecular weight excluding hydrogens is 256 g/mol. The molecule has 18 heavy (non-hydrogen) atoms. The number of hydrogen-bond donors (Lipinski definition) is 2. The number of carboxylic acids is 1. The smallest absolute Gasteiger partial charge is 0.339 e. The molecule has 1 atom stereocenters. The highest BCUT2D eigenvalue weighted by Crippen LogP contribution is 2.20. The second-order valence-corrected chi connectivity index (χ2v) is 6.61. The van der Waals surface area contributed by atoms with Crippen LogP contribution in [-0.4, -0.2) is 42.5 Å². The van der Waals surface area contributed by atoms with Gasteiger partial charge in [-0.25, -0.2) is 13.2 Å². The average molecular weight is 270 g/mol. The number of aromatic nitrogens is 1. The van der Waals surface area contributed by atoms with Gasteiger partial charge in [-0.15, -0.1) is 0 Å². The molecule has 1 aliphatic rings. The molecule has 6 nitrogen and oxygen atoms in total. The Morgan fingerprint density at radius 1 is 1.56 bits per heavy atom. The summed E-state index contributed by atoms with van der Waals surface area (Å²) in [7, 11) is -2.89. The van der Waals surface area contributed by atoms with Gasteiger partial charge in [-0.1, -0.05) is 0 Å². The number of carboxylic acid groups (broad SMARTS) is 1. The van der Waals surface area contributed by atoms with Crippen molar-refractivity contribution in [2.24, 2.45) is 5.92 Å². The van der Waals surface area contributed by atoms with Gasteiger partial charge >= 0.3 is 5.97 Å². The molecule has 0 amide bonds. The summed E-state index contributed by atoms with van der Waals surface area (Å²) in [6, 6.07) is 1.58. The molecule has 2 N–H and O–H groups in total. The third-order valence-corrected chi connectivity index (χ3v) is 4.80. The van der Waals surface area contributed by atoms with Crippen LogP contribution in [-0.2, 0) is 9.84 Å². The Bertz CT molecular complexity index is 556. The van der Waals surface area contributed by atoms with E-state index in [9.17, 15) is 13.2 Å². The Morgan fingerprint density at radius 3 is 2.94 bits per heavy atom. The van der Waals surface area contributed by atoms with Crippen molar-refractivity contribution in [2.75, 3.05) is 23.4 Å². The second kappa shape index (κ2) is 4.93. The fraction of sp³-hybridized carbons (Fsp3) is 0.455. The molecule has 1 saturated heterocycles. The highest BCUT2D eigenvalue weighted by atomic mass is 32.2. The zero-order valence-corrected chi connectivity index (χ0v) is 10.5. The first-order valence-electron chi connectivity index (χ1n) is 5.59. The molecule has 0 aromatic carbocycles. The molecule has 2 heterocycles. The summed E-state index contributed by atoms with van der Waals surface area (Å²) in [5, 5.41) is 12.0. The fourth-order valence-corrected chi connectivity index (χ4v) is 3.87. The van der Waals surface area contributed by atoms with Crippen LogP contribution in [0.5, 0.6) is 0 Å². The lowest BCUT2D eigenvalue weighted by Crippen LogP contribution is -2.17. The normalized spacial score (nSPS) is 21.7. The molecule has 0 aliphatic carbocycles. The molecule has 1 aromatic heterocycles. The number of carbonyl (C=O) groups is 1. The molecule has 0 spiro atoms. The number of sulfone groups is 1. The molecular formula is C11H14N2O4S. The van der Waals surface area contributed by atoms with Gasteiger partial charge in [0.1, 0.15) is 5.56 Å². The predicted octanol–water partition coefficient (Wildman–Crippen LogP) is 0.626. The molecule has 1 aromatic rings. The van der Waals surface area contributed by atoms with Crippen LogP contribution in [0.15, 0.2) is 18.5 Å². The van der Waals surface area contributed by atoms with E-state index < -0.39 is 15.8 Å². The Labute approximate surface area is 105 Å². The molecule has 1 aliphatic heterocycles. The van der Waals surface area contributed by atoms with Crippen molar-refractivity contribution in [3.8, 4) is 0 Å². The first-order chi connectivity index (χ1) is 8.48. The number of pyridine rings is 1. The van der Waals surface area contributed by atoms with E-state index >= 15 is 0 Å². The highest BCUT2D eigenvalue weighted by molar-refractivity contribution is 7.91. The maximum atomic E-state index is 11.3. The van der Waals surface area contributed by atoms with Gasteiger partial charge in [0.05, 0.1) is 17.2 Å². The van der Waals surface area contributed by atoms with Gasteiger partial charge in [-0.2, -0.15) is 0 Å². The minimum Gasteiger partial charge on any atom is -0.478 e. The van der Waals surface area contributed by atoms with Crippen LogP contribution in [0.1, 0.15) is 16.8 Å². The summed E-state index contributed by atoms with van der Waals surface area (Å²) in [6.45, 7) is 0.462. The second-order valence-electron chi connectivity index (χ2n) is 4.38. The summed E-state index contributed by atoms with van der Waals surface area (Å²) in [4.78, 5) is 14.7. The molecule has 7 heteroatoms. The SMILES string of the molecule is O=C(O)c1cnccc1NCC1CCS(=O)(=O)C1. The lowest BCUT2D eigenvalue weighted by atomic mass is 10.1. The summed E-state index contributed by atoms with van der Waals surface area (Å²) < 4.78 is 22.6. The minimum absolute atomic E-state index is 0.0461. The number of aromatic carboxylic acids is 1. The Morgan fingerprint density at radius 2 is 2.33 bits per heavy atom. The van der Waals surface area contributed by atoms with Crippen LogP contribution in [0, 0.1) is 5.92 Å². The Hall–Kier alpha value is -1.63. The van der Waals surface area contributed by atoms with Gasteiger partial charge in [-0.05, 0) is 18.4 Å². The number of hydrogen-bond acceptors (Lipinski definition) is 5. The van der Waals surface area contributed by atoms with Crippen LogP contribution < -0.4 is 5.32 Å². The van der Waals surface area contributed by atoms with Crippen molar-refractivity contribution in [1.29, 1.82) is 0 Å². The van der Waals surface area contributed by atoms with Gasteiger partial charge in [-0.3, -0.25) is 4.98 Å². The molecule has 2 rings (SSSR count). The van der Waals surface area contributed by atoms with Crippen LogP contribution in [0.3, 0.4) is 0 Å². The van der Waals surface area contributed by atoms with Crippen molar-refractivity contribution in [3.63, 3.8) is 0 Å². The molecule has 0 saturated carbocycles. The number of rotatable bonds is 4. The van der Waals surface area contributed by atoms with Gasteiger partial charge in [0, 0.05) is 18.9 Å². The third kappa shape index (κ3) is 2.98. The first kappa shape index (κ1) is 12.8. The lowest BCUT2D eigenvalue weighted by molar-refractivity contribution is 0.0697. The van der Waals surface area contributed by atoms with Gasteiger partial charge in [0.2, 0.25) is 0 Å². The number of anilines is 1. The van der Waals surface area contributed by atoms with E-state index in [1.165, 1.54) is 12.4 Å². The van der Waals surface area contributed by atoms with Crippen molar-refractivity contribution in [2.45, 2.75) is 6.42 Å². The first-order valence-corrected chi connectivity index (χ1v) is 7.42. The van der Waals surface area contributed by atoms with Crippen molar-refractivity contribution in [3.05, 3.63) is 24.0 Å². The largest absolute Gasteiger partial charge is 0.478 e. The van der Waals surface area contributed by atoms with E-state index in [1.54, 1.807) is 6.07 Å². The summed E-state index contributed by atoms with van der Waals surface area (Å²) in [6.07, 6.45) is 3.40. The van der Waals surface area contributed by atoms with Gasteiger partial charge < -0.3 is 10.4 Å².